The van der Waals surface area contributed by atoms with Gasteiger partial charge in [-0.15, -0.1) is 0 Å². The van der Waals surface area contributed by atoms with Crippen LogP contribution in [0.5, 0.6) is 0 Å². The van der Waals surface area contributed by atoms with Crippen LogP contribution in [0.15, 0.2) is 47.2 Å². The molecule has 1 unspecified atom stereocenters. The zero-order valence-electron chi connectivity index (χ0n) is 11.6. The smallest absolute Gasteiger partial charge is 0.308 e. The SMILES string of the molecule is CC(CN(Cc1ccccn1)C(=O)c1ccco1)C(=O)O. The summed E-state index contributed by atoms with van der Waals surface area (Å²) in [5.74, 6) is -1.79. The fourth-order valence-electron chi connectivity index (χ4n) is 1.87. The number of hydrogen-bond donors (Lipinski definition) is 1. The molecule has 0 spiro atoms. The van der Waals surface area contributed by atoms with Gasteiger partial charge in [-0.3, -0.25) is 14.6 Å². The van der Waals surface area contributed by atoms with Crippen molar-refractivity contribution in [3.8, 4) is 0 Å². The van der Waals surface area contributed by atoms with Gasteiger partial charge in [0, 0.05) is 12.7 Å². The summed E-state index contributed by atoms with van der Waals surface area (Å²) in [6, 6.07) is 8.56. The summed E-state index contributed by atoms with van der Waals surface area (Å²) >= 11 is 0. The average Bonchev–Trinajstić information content (AvgIpc) is 3.01. The third kappa shape index (κ3) is 3.92. The molecule has 0 radical (unpaired) electrons. The Morgan fingerprint density at radius 3 is 2.71 bits per heavy atom. The lowest BCUT2D eigenvalue weighted by atomic mass is 10.1. The van der Waals surface area contributed by atoms with E-state index in [-0.39, 0.29) is 24.8 Å². The third-order valence-electron chi connectivity index (χ3n) is 3.01. The second kappa shape index (κ2) is 6.69. The van der Waals surface area contributed by atoms with E-state index in [1.165, 1.54) is 11.2 Å². The van der Waals surface area contributed by atoms with Crippen molar-refractivity contribution in [2.24, 2.45) is 5.92 Å². The van der Waals surface area contributed by atoms with Crippen LogP contribution in [-0.4, -0.2) is 33.4 Å². The lowest BCUT2D eigenvalue weighted by molar-refractivity contribution is -0.141. The van der Waals surface area contributed by atoms with Crippen molar-refractivity contribution in [3.63, 3.8) is 0 Å². The molecule has 0 bridgehead atoms. The highest BCUT2D eigenvalue weighted by molar-refractivity contribution is 5.91. The van der Waals surface area contributed by atoms with Gasteiger partial charge in [0.05, 0.1) is 24.4 Å². The summed E-state index contributed by atoms with van der Waals surface area (Å²) < 4.78 is 5.10. The van der Waals surface area contributed by atoms with Crippen LogP contribution in [0.3, 0.4) is 0 Å². The second-order valence-electron chi connectivity index (χ2n) is 4.72. The first-order valence-corrected chi connectivity index (χ1v) is 6.53. The number of aliphatic carboxylic acids is 1. The van der Waals surface area contributed by atoms with E-state index in [0.717, 1.165) is 0 Å². The molecule has 110 valence electrons. The molecule has 0 saturated carbocycles. The van der Waals surface area contributed by atoms with Gasteiger partial charge in [-0.1, -0.05) is 13.0 Å². The Morgan fingerprint density at radius 1 is 1.33 bits per heavy atom. The highest BCUT2D eigenvalue weighted by Crippen LogP contribution is 2.12. The van der Waals surface area contributed by atoms with Crippen molar-refractivity contribution in [1.82, 2.24) is 9.88 Å². The molecule has 1 N–H and O–H groups in total. The van der Waals surface area contributed by atoms with Gasteiger partial charge in [-0.2, -0.15) is 0 Å². The quantitative estimate of drug-likeness (QED) is 0.879. The molecule has 0 aliphatic heterocycles. The molecule has 21 heavy (non-hydrogen) atoms. The first-order valence-electron chi connectivity index (χ1n) is 6.53. The van der Waals surface area contributed by atoms with Crippen molar-refractivity contribution in [3.05, 3.63) is 54.2 Å². The van der Waals surface area contributed by atoms with Crippen LogP contribution in [0.4, 0.5) is 0 Å². The standard InChI is InChI=1S/C15H16N2O4/c1-11(15(19)20)9-17(10-12-5-2-3-7-16-12)14(18)13-6-4-8-21-13/h2-8,11H,9-10H2,1H3,(H,19,20). The minimum atomic E-state index is -0.951. The van der Waals surface area contributed by atoms with E-state index in [9.17, 15) is 9.59 Å². The number of carboxylic acid groups (broad SMARTS) is 1. The molecular weight excluding hydrogens is 272 g/mol. The molecule has 0 aliphatic rings. The number of furan rings is 1. The Bertz CT molecular complexity index is 595. The number of carboxylic acids is 1. The summed E-state index contributed by atoms with van der Waals surface area (Å²) in [5, 5.41) is 9.03. The fraction of sp³-hybridized carbons (Fsp3) is 0.267. The largest absolute Gasteiger partial charge is 0.481 e. The molecule has 2 rings (SSSR count). The van der Waals surface area contributed by atoms with Gasteiger partial charge >= 0.3 is 5.97 Å². The number of pyridine rings is 1. The van der Waals surface area contributed by atoms with Crippen molar-refractivity contribution < 1.29 is 19.1 Å². The molecular formula is C15H16N2O4. The fourth-order valence-corrected chi connectivity index (χ4v) is 1.87. The first kappa shape index (κ1) is 14.8. The highest BCUT2D eigenvalue weighted by Gasteiger charge is 2.23. The second-order valence-corrected chi connectivity index (χ2v) is 4.72. The third-order valence-corrected chi connectivity index (χ3v) is 3.01. The Balaban J connectivity index is 2.17. The number of carbonyl (C=O) groups is 2. The number of carbonyl (C=O) groups excluding carboxylic acids is 1. The van der Waals surface area contributed by atoms with Crippen LogP contribution in [0.1, 0.15) is 23.2 Å². The summed E-state index contributed by atoms with van der Waals surface area (Å²) in [4.78, 5) is 29.0. The summed E-state index contributed by atoms with van der Waals surface area (Å²) in [5.41, 5.74) is 0.690. The van der Waals surface area contributed by atoms with Gasteiger partial charge in [-0.05, 0) is 24.3 Å². The van der Waals surface area contributed by atoms with E-state index in [1.54, 1.807) is 37.4 Å². The van der Waals surface area contributed by atoms with E-state index in [2.05, 4.69) is 4.98 Å². The molecule has 0 aliphatic carbocycles. The molecule has 2 aromatic rings. The van der Waals surface area contributed by atoms with Gasteiger partial charge in [-0.25, -0.2) is 0 Å². The minimum absolute atomic E-state index is 0.0887. The van der Waals surface area contributed by atoms with Crippen LogP contribution in [0, 0.1) is 5.92 Å². The molecule has 2 aromatic heterocycles. The first-order chi connectivity index (χ1) is 10.1. The van der Waals surface area contributed by atoms with Crippen LogP contribution < -0.4 is 0 Å². The predicted octanol–water partition coefficient (Wildman–Crippen LogP) is 2.04. The molecule has 2 heterocycles. The number of rotatable bonds is 6. The number of nitrogens with zero attached hydrogens (tertiary/aromatic N) is 2. The molecule has 0 saturated heterocycles. The van der Waals surface area contributed by atoms with E-state index < -0.39 is 11.9 Å². The van der Waals surface area contributed by atoms with E-state index in [0.29, 0.717) is 5.69 Å². The summed E-state index contributed by atoms with van der Waals surface area (Å²) in [6.45, 7) is 1.88. The lowest BCUT2D eigenvalue weighted by Gasteiger charge is -2.23. The average molecular weight is 288 g/mol. The number of hydrogen-bond acceptors (Lipinski definition) is 4. The van der Waals surface area contributed by atoms with Crippen molar-refractivity contribution in [2.75, 3.05) is 6.54 Å². The predicted molar refractivity (Wildman–Crippen MR) is 74.5 cm³/mol. The van der Waals surface area contributed by atoms with Gasteiger partial charge in [0.2, 0.25) is 0 Å². The topological polar surface area (TPSA) is 83.6 Å². The van der Waals surface area contributed by atoms with E-state index in [4.69, 9.17) is 9.52 Å². The minimum Gasteiger partial charge on any atom is -0.481 e. The zero-order valence-corrected chi connectivity index (χ0v) is 11.6. The zero-order chi connectivity index (χ0) is 15.2. The van der Waals surface area contributed by atoms with Crippen molar-refractivity contribution in [1.29, 1.82) is 0 Å². The van der Waals surface area contributed by atoms with Crippen LogP contribution in [0.25, 0.3) is 0 Å². The lowest BCUT2D eigenvalue weighted by Crippen LogP contribution is -2.36. The van der Waals surface area contributed by atoms with Gasteiger partial charge < -0.3 is 14.4 Å². The molecule has 0 fully saturated rings. The van der Waals surface area contributed by atoms with Gasteiger partial charge in [0.1, 0.15) is 0 Å². The van der Waals surface area contributed by atoms with Gasteiger partial charge in [0.25, 0.3) is 5.91 Å². The Hall–Kier alpha value is -2.63. The molecule has 1 amide bonds. The Kier molecular flexibility index (Phi) is 4.71. The van der Waals surface area contributed by atoms with Crippen molar-refractivity contribution in [2.45, 2.75) is 13.5 Å². The maximum absolute atomic E-state index is 12.4. The van der Waals surface area contributed by atoms with Crippen molar-refractivity contribution >= 4 is 11.9 Å². The molecule has 6 nitrogen and oxygen atoms in total. The molecule has 6 heteroatoms. The van der Waals surface area contributed by atoms with E-state index in [1.807, 2.05) is 6.07 Å². The van der Waals surface area contributed by atoms with Crippen LogP contribution in [-0.2, 0) is 11.3 Å². The van der Waals surface area contributed by atoms with Gasteiger partial charge in [0.15, 0.2) is 5.76 Å². The van der Waals surface area contributed by atoms with Crippen LogP contribution >= 0.6 is 0 Å². The number of amides is 1. The highest BCUT2D eigenvalue weighted by atomic mass is 16.4. The maximum atomic E-state index is 12.4. The van der Waals surface area contributed by atoms with E-state index >= 15 is 0 Å². The summed E-state index contributed by atoms with van der Waals surface area (Å²) in [7, 11) is 0. The number of aromatic nitrogens is 1. The Morgan fingerprint density at radius 2 is 2.14 bits per heavy atom. The Labute approximate surface area is 122 Å². The maximum Gasteiger partial charge on any atom is 0.308 e. The van der Waals surface area contributed by atoms with Crippen LogP contribution in [0.2, 0.25) is 0 Å². The monoisotopic (exact) mass is 288 g/mol. The molecule has 1 atom stereocenters. The molecule has 0 aromatic carbocycles. The summed E-state index contributed by atoms with van der Waals surface area (Å²) in [6.07, 6.45) is 3.04. The normalized spacial score (nSPS) is 11.9.